The predicted octanol–water partition coefficient (Wildman–Crippen LogP) is 1.29. The van der Waals surface area contributed by atoms with Gasteiger partial charge in [0.25, 0.3) is 0 Å². The molecule has 1 aromatic carbocycles. The van der Waals surface area contributed by atoms with Crippen LogP contribution in [0, 0.1) is 0 Å². The minimum Gasteiger partial charge on any atom is -0.385 e. The summed E-state index contributed by atoms with van der Waals surface area (Å²) in [5.74, 6) is -0.946. The minimum absolute atomic E-state index is 0.451. The van der Waals surface area contributed by atoms with Crippen LogP contribution < -0.4 is 5.73 Å². The fourth-order valence-electron chi connectivity index (χ4n) is 3.06. The summed E-state index contributed by atoms with van der Waals surface area (Å²) in [6.07, 6.45) is 2.54. The molecule has 0 bridgehead atoms. The molecule has 1 saturated carbocycles. The van der Waals surface area contributed by atoms with Gasteiger partial charge in [-0.25, -0.2) is 0 Å². The van der Waals surface area contributed by atoms with Crippen LogP contribution in [-0.2, 0) is 15.1 Å². The zero-order valence-corrected chi connectivity index (χ0v) is 11.3. The summed E-state index contributed by atoms with van der Waals surface area (Å²) in [5.41, 5.74) is 5.61. The lowest BCUT2D eigenvalue weighted by Crippen LogP contribution is -2.42. The van der Waals surface area contributed by atoms with Crippen LogP contribution in [0.1, 0.15) is 41.6 Å². The van der Waals surface area contributed by atoms with Crippen molar-refractivity contribution in [3.05, 3.63) is 35.4 Å². The summed E-state index contributed by atoms with van der Waals surface area (Å²) >= 11 is 0. The molecule has 1 amide bonds. The minimum atomic E-state index is -0.878. The van der Waals surface area contributed by atoms with Crippen LogP contribution in [0.4, 0.5) is 0 Å². The van der Waals surface area contributed by atoms with Crippen LogP contribution in [0.2, 0.25) is 0 Å². The molecule has 1 spiro atoms. The van der Waals surface area contributed by atoms with Gasteiger partial charge in [-0.3, -0.25) is 4.79 Å². The van der Waals surface area contributed by atoms with Gasteiger partial charge in [0.15, 0.2) is 5.79 Å². The number of amides is 1. The maximum atomic E-state index is 11.1. The monoisotopic (exact) mass is 277 g/mol. The first-order chi connectivity index (χ1) is 9.53. The third-order valence-electron chi connectivity index (χ3n) is 4.36. The van der Waals surface area contributed by atoms with E-state index in [1.54, 1.807) is 24.3 Å². The lowest BCUT2D eigenvalue weighted by atomic mass is 9.77. The van der Waals surface area contributed by atoms with Crippen LogP contribution in [0.5, 0.6) is 0 Å². The van der Waals surface area contributed by atoms with E-state index in [4.69, 9.17) is 15.2 Å². The van der Waals surface area contributed by atoms with E-state index in [1.807, 2.05) is 0 Å². The van der Waals surface area contributed by atoms with Crippen molar-refractivity contribution in [2.45, 2.75) is 37.1 Å². The third kappa shape index (κ3) is 2.32. The molecule has 0 aromatic heterocycles. The number of nitrogens with two attached hydrogens (primary N) is 1. The Morgan fingerprint density at radius 1 is 1.05 bits per heavy atom. The standard InChI is InChI=1S/C15H19NO4/c16-13(17)11-1-3-12(4-2-11)14(18)5-7-15(8-6-14)19-9-10-20-15/h1-4,18H,5-10H2,(H2,16,17). The van der Waals surface area contributed by atoms with Crippen molar-refractivity contribution in [1.82, 2.24) is 0 Å². The van der Waals surface area contributed by atoms with Gasteiger partial charge in [-0.05, 0) is 30.5 Å². The van der Waals surface area contributed by atoms with E-state index >= 15 is 0 Å². The summed E-state index contributed by atoms with van der Waals surface area (Å²) in [7, 11) is 0. The molecule has 20 heavy (non-hydrogen) atoms. The van der Waals surface area contributed by atoms with Crippen LogP contribution in [-0.4, -0.2) is 30.0 Å². The molecular formula is C15H19NO4. The molecule has 1 aromatic rings. The van der Waals surface area contributed by atoms with Gasteiger partial charge in [0.1, 0.15) is 0 Å². The van der Waals surface area contributed by atoms with E-state index in [-0.39, 0.29) is 0 Å². The second-order valence-electron chi connectivity index (χ2n) is 5.58. The Morgan fingerprint density at radius 3 is 2.10 bits per heavy atom. The summed E-state index contributed by atoms with van der Waals surface area (Å²) in [4.78, 5) is 11.1. The SMILES string of the molecule is NC(=O)c1ccc(C2(O)CCC3(CC2)OCCO3)cc1. The van der Waals surface area contributed by atoms with E-state index in [9.17, 15) is 9.90 Å². The molecule has 0 radical (unpaired) electrons. The summed E-state index contributed by atoms with van der Waals surface area (Å²) in [5, 5.41) is 10.8. The van der Waals surface area contributed by atoms with Gasteiger partial charge in [-0.2, -0.15) is 0 Å². The molecule has 5 nitrogen and oxygen atoms in total. The van der Waals surface area contributed by atoms with E-state index in [0.717, 1.165) is 5.56 Å². The van der Waals surface area contributed by atoms with Crippen molar-refractivity contribution in [2.75, 3.05) is 13.2 Å². The fourth-order valence-corrected chi connectivity index (χ4v) is 3.06. The van der Waals surface area contributed by atoms with Crippen molar-refractivity contribution in [1.29, 1.82) is 0 Å². The smallest absolute Gasteiger partial charge is 0.248 e. The van der Waals surface area contributed by atoms with E-state index < -0.39 is 17.3 Å². The van der Waals surface area contributed by atoms with Crippen molar-refractivity contribution >= 4 is 5.91 Å². The van der Waals surface area contributed by atoms with Gasteiger partial charge in [-0.15, -0.1) is 0 Å². The number of hydrogen-bond donors (Lipinski definition) is 2. The lowest BCUT2D eigenvalue weighted by molar-refractivity contribution is -0.204. The first-order valence-electron chi connectivity index (χ1n) is 6.94. The number of benzene rings is 1. The maximum Gasteiger partial charge on any atom is 0.248 e. The molecule has 5 heteroatoms. The topological polar surface area (TPSA) is 81.8 Å². The largest absolute Gasteiger partial charge is 0.385 e. The molecule has 1 aliphatic carbocycles. The molecule has 1 aliphatic heterocycles. The van der Waals surface area contributed by atoms with Gasteiger partial charge in [-0.1, -0.05) is 12.1 Å². The molecule has 0 atom stereocenters. The van der Waals surface area contributed by atoms with E-state index in [1.165, 1.54) is 0 Å². The quantitative estimate of drug-likeness (QED) is 0.853. The molecule has 2 aliphatic rings. The number of carbonyl (C=O) groups is 1. The molecular weight excluding hydrogens is 258 g/mol. The highest BCUT2D eigenvalue weighted by molar-refractivity contribution is 5.92. The second kappa shape index (κ2) is 4.84. The van der Waals surface area contributed by atoms with Gasteiger partial charge in [0, 0.05) is 18.4 Å². The summed E-state index contributed by atoms with van der Waals surface area (Å²) in [6, 6.07) is 6.86. The molecule has 2 fully saturated rings. The number of hydrogen-bond acceptors (Lipinski definition) is 4. The summed E-state index contributed by atoms with van der Waals surface area (Å²) < 4.78 is 11.3. The Kier molecular flexibility index (Phi) is 3.28. The molecule has 108 valence electrons. The maximum absolute atomic E-state index is 11.1. The van der Waals surface area contributed by atoms with Crippen molar-refractivity contribution in [3.63, 3.8) is 0 Å². The van der Waals surface area contributed by atoms with Gasteiger partial charge in [0.2, 0.25) is 5.91 Å². The van der Waals surface area contributed by atoms with Crippen molar-refractivity contribution in [2.24, 2.45) is 5.73 Å². The average molecular weight is 277 g/mol. The van der Waals surface area contributed by atoms with Gasteiger partial charge < -0.3 is 20.3 Å². The van der Waals surface area contributed by atoms with E-state index in [2.05, 4.69) is 0 Å². The third-order valence-corrected chi connectivity index (χ3v) is 4.36. The van der Waals surface area contributed by atoms with Crippen LogP contribution in [0.25, 0.3) is 0 Å². The first-order valence-corrected chi connectivity index (χ1v) is 6.94. The Bertz CT molecular complexity index is 495. The number of rotatable bonds is 2. The average Bonchev–Trinajstić information content (AvgIpc) is 2.92. The molecule has 3 N–H and O–H groups in total. The predicted molar refractivity (Wildman–Crippen MR) is 72.0 cm³/mol. The first kappa shape index (κ1) is 13.5. The highest BCUT2D eigenvalue weighted by Gasteiger charge is 2.46. The Morgan fingerprint density at radius 2 is 1.60 bits per heavy atom. The van der Waals surface area contributed by atoms with E-state index in [0.29, 0.717) is 44.5 Å². The van der Waals surface area contributed by atoms with Gasteiger partial charge in [0.05, 0.1) is 18.8 Å². The zero-order valence-electron chi connectivity index (χ0n) is 11.3. The van der Waals surface area contributed by atoms with Crippen LogP contribution >= 0.6 is 0 Å². The molecule has 1 heterocycles. The highest BCUT2D eigenvalue weighted by Crippen LogP contribution is 2.44. The number of carbonyl (C=O) groups excluding carboxylic acids is 1. The van der Waals surface area contributed by atoms with Gasteiger partial charge >= 0.3 is 0 Å². The van der Waals surface area contributed by atoms with Crippen LogP contribution in [0.15, 0.2) is 24.3 Å². The van der Waals surface area contributed by atoms with Crippen molar-refractivity contribution in [3.8, 4) is 0 Å². The normalized spacial score (nSPS) is 23.9. The molecule has 1 saturated heterocycles. The lowest BCUT2D eigenvalue weighted by Gasteiger charge is -2.40. The number of aliphatic hydroxyl groups is 1. The second-order valence-corrected chi connectivity index (χ2v) is 5.58. The highest BCUT2D eigenvalue weighted by atomic mass is 16.7. The Hall–Kier alpha value is -1.43. The Labute approximate surface area is 117 Å². The molecule has 3 rings (SSSR count). The summed E-state index contributed by atoms with van der Waals surface area (Å²) in [6.45, 7) is 1.26. The zero-order chi connectivity index (χ0) is 14.2. The van der Waals surface area contributed by atoms with Crippen molar-refractivity contribution < 1.29 is 19.4 Å². The molecule has 0 unspecified atom stereocenters. The number of ether oxygens (including phenoxy) is 2. The fraction of sp³-hybridized carbons (Fsp3) is 0.533. The van der Waals surface area contributed by atoms with Crippen LogP contribution in [0.3, 0.4) is 0 Å². The number of primary amides is 1. The Balaban J connectivity index is 1.75.